The average Bonchev–Trinajstić information content (AvgIpc) is 3.42. The summed E-state index contributed by atoms with van der Waals surface area (Å²) >= 11 is 0. The highest BCUT2D eigenvalue weighted by molar-refractivity contribution is 5.98. The number of nitrogens with zero attached hydrogens (tertiary/aromatic N) is 3. The van der Waals surface area contributed by atoms with Crippen LogP contribution in [0, 0.1) is 17.7 Å². The Bertz CT molecular complexity index is 1730. The zero-order chi connectivity index (χ0) is 35.9. The van der Waals surface area contributed by atoms with Gasteiger partial charge in [0.2, 0.25) is 0 Å². The third kappa shape index (κ3) is 8.58. The third-order valence-electron chi connectivity index (χ3n) is 8.95. The minimum absolute atomic E-state index is 0.106. The average molecular weight is 678 g/mol. The molecule has 2 fully saturated rings. The number of alkyl carbamates (subject to hydrolysis) is 1. The fraction of sp³-hybridized carbons (Fsp3) is 0.541. The number of fused-ring (bicyclic) bond motifs is 2. The Morgan fingerprint density at radius 1 is 0.939 bits per heavy atom. The number of methoxy groups -OCH3 is 1. The molecule has 3 aromatic rings. The van der Waals surface area contributed by atoms with Crippen molar-refractivity contribution in [2.45, 2.75) is 97.3 Å². The molecule has 11 nitrogen and oxygen atoms in total. The normalized spacial score (nSPS) is 19.6. The van der Waals surface area contributed by atoms with Crippen molar-refractivity contribution in [1.29, 1.82) is 0 Å². The number of likely N-dealkylation sites (tertiary alicyclic amines) is 1. The van der Waals surface area contributed by atoms with Gasteiger partial charge in [0.15, 0.2) is 11.6 Å². The smallest absolute Gasteiger partial charge is 0.410 e. The Kier molecular flexibility index (Phi) is 9.82. The van der Waals surface area contributed by atoms with Crippen LogP contribution in [0.25, 0.3) is 22.2 Å². The van der Waals surface area contributed by atoms with E-state index in [-0.39, 0.29) is 17.8 Å². The molecule has 1 aliphatic carbocycles. The number of hydrogen-bond donors (Lipinski definition) is 2. The third-order valence-corrected chi connectivity index (χ3v) is 8.95. The van der Waals surface area contributed by atoms with Crippen LogP contribution in [0.3, 0.4) is 0 Å². The number of carbonyl (C=O) groups is 3. The molecule has 0 bridgehead atoms. The number of nitrogens with one attached hydrogen (secondary N) is 2. The van der Waals surface area contributed by atoms with E-state index >= 15 is 4.39 Å². The van der Waals surface area contributed by atoms with Crippen molar-refractivity contribution in [2.75, 3.05) is 25.5 Å². The van der Waals surface area contributed by atoms with Gasteiger partial charge in [-0.15, -0.1) is 0 Å². The van der Waals surface area contributed by atoms with Crippen LogP contribution < -0.4 is 15.4 Å². The van der Waals surface area contributed by atoms with Crippen LogP contribution in [0.4, 0.5) is 19.8 Å². The molecule has 3 heterocycles. The molecule has 264 valence electrons. The topological polar surface area (TPSA) is 132 Å². The predicted molar refractivity (Wildman–Crippen MR) is 185 cm³/mol. The molecule has 2 N–H and O–H groups in total. The first kappa shape index (κ1) is 35.8. The molecule has 49 heavy (non-hydrogen) atoms. The summed E-state index contributed by atoms with van der Waals surface area (Å²) in [6, 6.07) is 8.60. The summed E-state index contributed by atoms with van der Waals surface area (Å²) in [5.74, 6) is 0.366. The number of rotatable bonds is 6. The molecule has 5 rings (SSSR count). The zero-order valence-corrected chi connectivity index (χ0v) is 29.9. The standard InChI is InChI=1S/C37H48FN5O6/c1-35(2,3)48-33(45)42-37(7,8)32(44)41-31-11-10-22(19-39-31)28-17-25(26-16-27(38)30(47-9)18-29(26)40-28)23-14-21-12-13-43(20-24(21)15-23)34(46)49-36(4,5)6/h10-11,16-19,21,23-24H,12-15,20H2,1-9H3,(H,42,45)(H,39,41,44). The maximum absolute atomic E-state index is 15.1. The monoisotopic (exact) mass is 677 g/mol. The van der Waals surface area contributed by atoms with Crippen LogP contribution in [0.2, 0.25) is 0 Å². The van der Waals surface area contributed by atoms with Crippen molar-refractivity contribution in [3.05, 3.63) is 47.9 Å². The SMILES string of the molecule is COc1cc2nc(-c3ccc(NC(=O)C(C)(C)NC(=O)OC(C)(C)C)nc3)cc(C3CC4CCN(C(=O)OC(C)(C)C)CC4C3)c2cc1F. The summed E-state index contributed by atoms with van der Waals surface area (Å²) in [6.07, 6.45) is 3.31. The van der Waals surface area contributed by atoms with Crippen LogP contribution in [0.1, 0.15) is 86.1 Å². The molecule has 1 saturated carbocycles. The van der Waals surface area contributed by atoms with Gasteiger partial charge in [-0.2, -0.15) is 0 Å². The molecule has 0 spiro atoms. The second kappa shape index (κ2) is 13.4. The van der Waals surface area contributed by atoms with E-state index in [4.69, 9.17) is 19.2 Å². The second-order valence-electron chi connectivity index (χ2n) is 15.6. The molecule has 3 atom stereocenters. The maximum atomic E-state index is 15.1. The molecule has 1 aromatic carbocycles. The molecule has 1 saturated heterocycles. The van der Waals surface area contributed by atoms with Gasteiger partial charge >= 0.3 is 12.2 Å². The number of hydrogen-bond acceptors (Lipinski definition) is 8. The van der Waals surface area contributed by atoms with Gasteiger partial charge in [-0.25, -0.2) is 23.9 Å². The number of carbonyl (C=O) groups excluding carboxylic acids is 3. The van der Waals surface area contributed by atoms with E-state index in [1.807, 2.05) is 37.8 Å². The van der Waals surface area contributed by atoms with Crippen LogP contribution in [-0.4, -0.2) is 69.9 Å². The van der Waals surface area contributed by atoms with E-state index in [2.05, 4.69) is 15.6 Å². The number of amides is 3. The van der Waals surface area contributed by atoms with Gasteiger partial charge in [0, 0.05) is 36.3 Å². The molecule has 3 unspecified atom stereocenters. The van der Waals surface area contributed by atoms with E-state index in [1.54, 1.807) is 52.9 Å². The first-order valence-corrected chi connectivity index (χ1v) is 16.8. The van der Waals surface area contributed by atoms with Crippen LogP contribution >= 0.6 is 0 Å². The maximum Gasteiger partial charge on any atom is 0.410 e. The summed E-state index contributed by atoms with van der Waals surface area (Å²) in [5, 5.41) is 6.08. The van der Waals surface area contributed by atoms with E-state index in [0.29, 0.717) is 47.5 Å². The lowest BCUT2D eigenvalue weighted by molar-refractivity contribution is -0.121. The molecule has 3 amide bonds. The van der Waals surface area contributed by atoms with Crippen LogP contribution in [0.5, 0.6) is 5.75 Å². The van der Waals surface area contributed by atoms with E-state index in [1.165, 1.54) is 13.2 Å². The van der Waals surface area contributed by atoms with Gasteiger partial charge in [0.1, 0.15) is 22.6 Å². The lowest BCUT2D eigenvalue weighted by Crippen LogP contribution is -2.53. The largest absolute Gasteiger partial charge is 0.494 e. The first-order valence-electron chi connectivity index (χ1n) is 16.8. The quantitative estimate of drug-likeness (QED) is 0.275. The molecule has 2 aliphatic rings. The van der Waals surface area contributed by atoms with Gasteiger partial charge in [0.05, 0.1) is 18.3 Å². The fourth-order valence-electron chi connectivity index (χ4n) is 6.63. The lowest BCUT2D eigenvalue weighted by Gasteiger charge is -2.35. The van der Waals surface area contributed by atoms with Crippen LogP contribution in [0.15, 0.2) is 36.5 Å². The molecular formula is C37H48FN5O6. The van der Waals surface area contributed by atoms with Crippen molar-refractivity contribution >= 4 is 34.8 Å². The Morgan fingerprint density at radius 3 is 2.27 bits per heavy atom. The summed E-state index contributed by atoms with van der Waals surface area (Å²) in [4.78, 5) is 49.3. The molecular weight excluding hydrogens is 629 g/mol. The van der Waals surface area contributed by atoms with Gasteiger partial charge < -0.3 is 29.7 Å². The molecule has 2 aromatic heterocycles. The van der Waals surface area contributed by atoms with Crippen molar-refractivity contribution in [2.24, 2.45) is 11.8 Å². The number of pyridine rings is 2. The highest BCUT2D eigenvalue weighted by Crippen LogP contribution is 2.48. The van der Waals surface area contributed by atoms with Gasteiger partial charge in [0.25, 0.3) is 5.91 Å². The number of aromatic nitrogens is 2. The Labute approximate surface area is 287 Å². The second-order valence-corrected chi connectivity index (χ2v) is 15.6. The highest BCUT2D eigenvalue weighted by atomic mass is 19.1. The van der Waals surface area contributed by atoms with E-state index in [0.717, 1.165) is 30.2 Å². The summed E-state index contributed by atoms with van der Waals surface area (Å²) < 4.78 is 31.3. The Morgan fingerprint density at radius 2 is 1.63 bits per heavy atom. The van der Waals surface area contributed by atoms with Gasteiger partial charge in [-0.05, 0) is 122 Å². The van der Waals surface area contributed by atoms with Crippen molar-refractivity contribution < 1.29 is 33.0 Å². The first-order chi connectivity index (χ1) is 22.8. The number of anilines is 1. The Hall–Kier alpha value is -4.48. The van der Waals surface area contributed by atoms with E-state index < -0.39 is 34.6 Å². The number of ether oxygens (including phenoxy) is 3. The lowest BCUT2D eigenvalue weighted by atomic mass is 9.89. The predicted octanol–water partition coefficient (Wildman–Crippen LogP) is 7.44. The minimum atomic E-state index is -1.27. The number of benzene rings is 1. The van der Waals surface area contributed by atoms with Crippen molar-refractivity contribution in [3.8, 4) is 17.0 Å². The minimum Gasteiger partial charge on any atom is -0.494 e. The Balaban J connectivity index is 1.38. The van der Waals surface area contributed by atoms with Gasteiger partial charge in [-0.3, -0.25) is 4.79 Å². The zero-order valence-electron chi connectivity index (χ0n) is 29.9. The fourth-order valence-corrected chi connectivity index (χ4v) is 6.63. The molecule has 1 aliphatic heterocycles. The highest BCUT2D eigenvalue weighted by Gasteiger charge is 2.41. The summed E-state index contributed by atoms with van der Waals surface area (Å²) in [6.45, 7) is 15.3. The van der Waals surface area contributed by atoms with Crippen LogP contribution in [-0.2, 0) is 14.3 Å². The van der Waals surface area contributed by atoms with E-state index in [9.17, 15) is 14.4 Å². The summed E-state index contributed by atoms with van der Waals surface area (Å²) in [7, 11) is 1.42. The van der Waals surface area contributed by atoms with Gasteiger partial charge in [-0.1, -0.05) is 0 Å². The molecule has 12 heteroatoms. The summed E-state index contributed by atoms with van der Waals surface area (Å²) in [5.41, 5.74) is 0.422. The number of piperidine rings is 1. The molecule has 0 radical (unpaired) electrons. The van der Waals surface area contributed by atoms with Crippen molar-refractivity contribution in [1.82, 2.24) is 20.2 Å². The number of halogens is 1. The van der Waals surface area contributed by atoms with Crippen molar-refractivity contribution in [3.63, 3.8) is 0 Å².